The number of unbranched alkanes of at least 4 members (excludes halogenated alkanes) is 5. The van der Waals surface area contributed by atoms with Crippen LogP contribution >= 0.6 is 0 Å². The summed E-state index contributed by atoms with van der Waals surface area (Å²) in [6, 6.07) is 14.8. The minimum absolute atomic E-state index is 0.760. The van der Waals surface area contributed by atoms with E-state index in [1.807, 2.05) is 6.07 Å². The fourth-order valence-corrected chi connectivity index (χ4v) is 3.35. The number of rotatable bonds is 14. The number of hydrogen-bond acceptors (Lipinski definition) is 3. The van der Waals surface area contributed by atoms with Gasteiger partial charge in [-0.2, -0.15) is 0 Å². The predicted octanol–water partition coefficient (Wildman–Crippen LogP) is 6.08. The summed E-state index contributed by atoms with van der Waals surface area (Å²) in [6.07, 6.45) is 8.67. The van der Waals surface area contributed by atoms with E-state index in [1.165, 1.54) is 48.8 Å². The molecule has 0 aliphatic carbocycles. The number of nitrogens with one attached hydrogen (secondary N) is 1. The standard InChI is InChI=1S/C25H37NO2/c1-4-5-6-7-8-11-18-28-24-15-14-22(19-25(24)27-3)20-26-17-16-23-13-10-9-12-21(23)2/h9-10,12-15,19,26H,4-8,11,16-18,20H2,1-3H3. The highest BCUT2D eigenvalue weighted by Crippen LogP contribution is 2.28. The molecule has 0 aliphatic heterocycles. The van der Waals surface area contributed by atoms with Gasteiger partial charge in [0, 0.05) is 6.54 Å². The summed E-state index contributed by atoms with van der Waals surface area (Å²) in [7, 11) is 1.71. The summed E-state index contributed by atoms with van der Waals surface area (Å²) in [5, 5.41) is 3.53. The zero-order chi connectivity index (χ0) is 20.0. The van der Waals surface area contributed by atoms with Crippen LogP contribution < -0.4 is 14.8 Å². The van der Waals surface area contributed by atoms with Crippen molar-refractivity contribution in [1.82, 2.24) is 5.32 Å². The van der Waals surface area contributed by atoms with Crippen molar-refractivity contribution in [3.63, 3.8) is 0 Å². The molecule has 0 aliphatic rings. The van der Waals surface area contributed by atoms with Crippen LogP contribution in [0.25, 0.3) is 0 Å². The van der Waals surface area contributed by atoms with Gasteiger partial charge in [-0.1, -0.05) is 69.4 Å². The van der Waals surface area contributed by atoms with E-state index in [9.17, 15) is 0 Å². The van der Waals surface area contributed by atoms with Gasteiger partial charge >= 0.3 is 0 Å². The first-order valence-electron chi connectivity index (χ1n) is 10.8. The Morgan fingerprint density at radius 3 is 2.46 bits per heavy atom. The normalized spacial score (nSPS) is 10.8. The topological polar surface area (TPSA) is 30.5 Å². The second-order valence-electron chi connectivity index (χ2n) is 7.45. The summed E-state index contributed by atoms with van der Waals surface area (Å²) in [6.45, 7) is 6.98. The average molecular weight is 384 g/mol. The molecule has 154 valence electrons. The molecule has 2 rings (SSSR count). The van der Waals surface area contributed by atoms with Crippen molar-refractivity contribution in [1.29, 1.82) is 0 Å². The first-order chi connectivity index (χ1) is 13.7. The molecule has 1 N–H and O–H groups in total. The molecule has 0 spiro atoms. The molecule has 28 heavy (non-hydrogen) atoms. The van der Waals surface area contributed by atoms with Crippen molar-refractivity contribution in [3.8, 4) is 11.5 Å². The van der Waals surface area contributed by atoms with E-state index in [0.717, 1.165) is 44.0 Å². The van der Waals surface area contributed by atoms with Crippen LogP contribution in [0.3, 0.4) is 0 Å². The van der Waals surface area contributed by atoms with Crippen LogP contribution in [0.4, 0.5) is 0 Å². The van der Waals surface area contributed by atoms with Crippen LogP contribution in [0.5, 0.6) is 11.5 Å². The van der Waals surface area contributed by atoms with Gasteiger partial charge < -0.3 is 14.8 Å². The maximum absolute atomic E-state index is 5.94. The van der Waals surface area contributed by atoms with Crippen LogP contribution in [0.1, 0.15) is 62.1 Å². The summed E-state index contributed by atoms with van der Waals surface area (Å²) in [4.78, 5) is 0. The highest BCUT2D eigenvalue weighted by molar-refractivity contribution is 5.43. The second kappa shape index (κ2) is 13.2. The molecule has 0 saturated heterocycles. The van der Waals surface area contributed by atoms with Crippen LogP contribution in [-0.2, 0) is 13.0 Å². The molecule has 3 nitrogen and oxygen atoms in total. The lowest BCUT2D eigenvalue weighted by Gasteiger charge is -2.13. The molecular weight excluding hydrogens is 346 g/mol. The fourth-order valence-electron chi connectivity index (χ4n) is 3.35. The molecule has 0 aromatic heterocycles. The quantitative estimate of drug-likeness (QED) is 0.401. The lowest BCUT2D eigenvalue weighted by atomic mass is 10.1. The molecule has 0 heterocycles. The van der Waals surface area contributed by atoms with Crippen LogP contribution in [0.2, 0.25) is 0 Å². The first kappa shape index (κ1) is 22.3. The molecule has 2 aromatic carbocycles. The Morgan fingerprint density at radius 1 is 0.893 bits per heavy atom. The van der Waals surface area contributed by atoms with E-state index in [-0.39, 0.29) is 0 Å². The number of ether oxygens (including phenoxy) is 2. The van der Waals surface area contributed by atoms with Gasteiger partial charge in [-0.05, 0) is 55.1 Å². The minimum Gasteiger partial charge on any atom is -0.493 e. The summed E-state index contributed by atoms with van der Waals surface area (Å²) >= 11 is 0. The molecule has 0 unspecified atom stereocenters. The molecule has 0 atom stereocenters. The van der Waals surface area contributed by atoms with Crippen LogP contribution in [0, 0.1) is 6.92 Å². The van der Waals surface area contributed by atoms with Crippen molar-refractivity contribution >= 4 is 0 Å². The molecule has 0 fully saturated rings. The lowest BCUT2D eigenvalue weighted by molar-refractivity contribution is 0.284. The summed E-state index contributed by atoms with van der Waals surface area (Å²) in [5.74, 6) is 1.67. The predicted molar refractivity (Wildman–Crippen MR) is 118 cm³/mol. The van der Waals surface area contributed by atoms with Crippen LogP contribution in [-0.4, -0.2) is 20.3 Å². The van der Waals surface area contributed by atoms with Gasteiger partial charge in [0.25, 0.3) is 0 Å². The Bertz CT molecular complexity index is 684. The van der Waals surface area contributed by atoms with E-state index in [1.54, 1.807) is 7.11 Å². The number of hydrogen-bond donors (Lipinski definition) is 1. The average Bonchev–Trinajstić information content (AvgIpc) is 2.72. The summed E-state index contributed by atoms with van der Waals surface area (Å²) in [5.41, 5.74) is 3.98. The van der Waals surface area contributed by atoms with Gasteiger partial charge in [-0.3, -0.25) is 0 Å². The summed E-state index contributed by atoms with van der Waals surface area (Å²) < 4.78 is 11.5. The van der Waals surface area contributed by atoms with E-state index < -0.39 is 0 Å². The Hall–Kier alpha value is -2.00. The molecule has 3 heteroatoms. The molecule has 0 amide bonds. The SMILES string of the molecule is CCCCCCCCOc1ccc(CNCCc2ccccc2C)cc1OC. The molecular formula is C25H37NO2. The number of methoxy groups -OCH3 is 1. The smallest absolute Gasteiger partial charge is 0.161 e. The van der Waals surface area contributed by atoms with E-state index in [0.29, 0.717) is 0 Å². The van der Waals surface area contributed by atoms with Gasteiger partial charge in [0.1, 0.15) is 0 Å². The van der Waals surface area contributed by atoms with Gasteiger partial charge in [0.2, 0.25) is 0 Å². The third-order valence-corrected chi connectivity index (χ3v) is 5.14. The van der Waals surface area contributed by atoms with Gasteiger partial charge in [0.15, 0.2) is 11.5 Å². The molecule has 2 aromatic rings. The third-order valence-electron chi connectivity index (χ3n) is 5.14. The first-order valence-corrected chi connectivity index (χ1v) is 10.8. The monoisotopic (exact) mass is 383 g/mol. The van der Waals surface area contributed by atoms with Crippen molar-refractivity contribution in [2.45, 2.75) is 65.3 Å². The largest absolute Gasteiger partial charge is 0.493 e. The Balaban J connectivity index is 1.71. The van der Waals surface area contributed by atoms with Gasteiger partial charge in [-0.15, -0.1) is 0 Å². The van der Waals surface area contributed by atoms with Crippen molar-refractivity contribution in [2.75, 3.05) is 20.3 Å². The number of benzene rings is 2. The number of aryl methyl sites for hydroxylation is 1. The highest BCUT2D eigenvalue weighted by Gasteiger charge is 2.06. The fraction of sp³-hybridized carbons (Fsp3) is 0.520. The minimum atomic E-state index is 0.760. The second-order valence-corrected chi connectivity index (χ2v) is 7.45. The van der Waals surface area contributed by atoms with Crippen molar-refractivity contribution in [2.24, 2.45) is 0 Å². The highest BCUT2D eigenvalue weighted by atomic mass is 16.5. The van der Waals surface area contributed by atoms with Crippen molar-refractivity contribution in [3.05, 3.63) is 59.2 Å². The molecule has 0 saturated carbocycles. The maximum atomic E-state index is 5.94. The molecule has 0 bridgehead atoms. The van der Waals surface area contributed by atoms with Gasteiger partial charge in [0.05, 0.1) is 13.7 Å². The lowest BCUT2D eigenvalue weighted by Crippen LogP contribution is -2.17. The van der Waals surface area contributed by atoms with E-state index >= 15 is 0 Å². The Labute approximate surface area is 171 Å². The Kier molecular flexibility index (Phi) is 10.5. The molecule has 0 radical (unpaired) electrons. The van der Waals surface area contributed by atoms with Crippen LogP contribution in [0.15, 0.2) is 42.5 Å². The van der Waals surface area contributed by atoms with E-state index in [2.05, 4.69) is 55.6 Å². The van der Waals surface area contributed by atoms with Crippen molar-refractivity contribution < 1.29 is 9.47 Å². The van der Waals surface area contributed by atoms with E-state index in [4.69, 9.17) is 9.47 Å². The Morgan fingerprint density at radius 2 is 1.68 bits per heavy atom. The third kappa shape index (κ3) is 7.93. The zero-order valence-electron chi connectivity index (χ0n) is 17.9. The maximum Gasteiger partial charge on any atom is 0.161 e. The zero-order valence-corrected chi connectivity index (χ0v) is 17.9. The van der Waals surface area contributed by atoms with Gasteiger partial charge in [-0.25, -0.2) is 0 Å².